The Morgan fingerprint density at radius 2 is 1.93 bits per heavy atom. The van der Waals surface area contributed by atoms with Crippen LogP contribution in [0.2, 0.25) is 0 Å². The summed E-state index contributed by atoms with van der Waals surface area (Å²) in [4.78, 5) is 25.1. The van der Waals surface area contributed by atoms with Crippen molar-refractivity contribution in [3.8, 4) is 0 Å². The molecule has 0 bridgehead atoms. The van der Waals surface area contributed by atoms with E-state index in [2.05, 4.69) is 47.8 Å². The largest absolute Gasteiger partial charge is 0.292 e. The summed E-state index contributed by atoms with van der Waals surface area (Å²) >= 11 is 0. The maximum absolute atomic E-state index is 11.7. The van der Waals surface area contributed by atoms with Crippen molar-refractivity contribution < 1.29 is 9.63 Å². The Bertz CT molecular complexity index is 900. The summed E-state index contributed by atoms with van der Waals surface area (Å²) in [6.07, 6.45) is 3.40. The van der Waals surface area contributed by atoms with Crippen LogP contribution in [0.1, 0.15) is 63.0 Å². The van der Waals surface area contributed by atoms with Gasteiger partial charge in [-0.3, -0.25) is 14.6 Å². The van der Waals surface area contributed by atoms with Crippen molar-refractivity contribution in [3.63, 3.8) is 0 Å². The van der Waals surface area contributed by atoms with E-state index >= 15 is 0 Å². The average molecular weight is 367 g/mol. The van der Waals surface area contributed by atoms with Crippen LogP contribution in [0.3, 0.4) is 0 Å². The Kier molecular flexibility index (Phi) is 5.20. The van der Waals surface area contributed by atoms with Gasteiger partial charge in [-0.1, -0.05) is 6.07 Å². The molecular formula is C20H25N5O2. The van der Waals surface area contributed by atoms with Gasteiger partial charge in [0.2, 0.25) is 5.91 Å². The van der Waals surface area contributed by atoms with Crippen LogP contribution in [-0.2, 0) is 11.4 Å². The van der Waals surface area contributed by atoms with Crippen molar-refractivity contribution in [1.82, 2.24) is 10.0 Å². The fraction of sp³-hybridized carbons (Fsp3) is 0.500. The van der Waals surface area contributed by atoms with Crippen molar-refractivity contribution >= 4 is 16.8 Å². The van der Waals surface area contributed by atoms with E-state index in [4.69, 9.17) is 10.4 Å². The lowest BCUT2D eigenvalue weighted by atomic mass is 9.82. The van der Waals surface area contributed by atoms with E-state index in [-0.39, 0.29) is 11.1 Å². The molecular weight excluding hydrogens is 342 g/mol. The molecule has 0 aliphatic carbocycles. The molecule has 0 saturated carbocycles. The van der Waals surface area contributed by atoms with Gasteiger partial charge in [-0.05, 0) is 81.9 Å². The molecule has 1 saturated heterocycles. The van der Waals surface area contributed by atoms with Gasteiger partial charge in [-0.2, -0.15) is 5.06 Å². The second-order valence-electron chi connectivity index (χ2n) is 8.25. The number of carbonyl (C=O) groups is 1. The number of rotatable bonds is 4. The SMILES string of the molecule is CC1(C)CCCC(C)(C)N1OCc1ccc2cc(C(=O)N=[N+]=[N-])ccc2n1. The van der Waals surface area contributed by atoms with Gasteiger partial charge in [-0.25, -0.2) is 0 Å². The summed E-state index contributed by atoms with van der Waals surface area (Å²) in [5.74, 6) is -0.596. The number of hydroxylamine groups is 2. The van der Waals surface area contributed by atoms with E-state index in [1.54, 1.807) is 18.2 Å². The fourth-order valence-electron chi connectivity index (χ4n) is 3.94. The maximum atomic E-state index is 11.7. The molecule has 0 N–H and O–H groups in total. The average Bonchev–Trinajstić information content (AvgIpc) is 2.60. The number of piperidine rings is 1. The van der Waals surface area contributed by atoms with E-state index in [9.17, 15) is 4.79 Å². The van der Waals surface area contributed by atoms with Crippen LogP contribution in [0.15, 0.2) is 35.4 Å². The number of nitrogens with zero attached hydrogens (tertiary/aromatic N) is 5. The third-order valence-electron chi connectivity index (χ3n) is 5.15. The third kappa shape index (κ3) is 4.11. The Morgan fingerprint density at radius 3 is 2.59 bits per heavy atom. The first kappa shape index (κ1) is 19.3. The summed E-state index contributed by atoms with van der Waals surface area (Å²) in [6.45, 7) is 9.24. The van der Waals surface area contributed by atoms with Crippen molar-refractivity contribution in [2.75, 3.05) is 0 Å². The molecule has 2 aromatic rings. The monoisotopic (exact) mass is 367 g/mol. The number of hydrogen-bond donors (Lipinski definition) is 0. The first-order valence-corrected chi connectivity index (χ1v) is 9.15. The van der Waals surface area contributed by atoms with Gasteiger partial charge < -0.3 is 0 Å². The summed E-state index contributed by atoms with van der Waals surface area (Å²) in [7, 11) is 0. The number of hydrogen-bond acceptors (Lipinski definition) is 4. The minimum atomic E-state index is -0.596. The van der Waals surface area contributed by atoms with Crippen LogP contribution < -0.4 is 0 Å². The first-order valence-electron chi connectivity index (χ1n) is 9.15. The van der Waals surface area contributed by atoms with E-state index in [1.165, 1.54) is 6.42 Å². The molecule has 3 rings (SSSR count). The predicted octanol–water partition coefficient (Wildman–Crippen LogP) is 5.16. The fourth-order valence-corrected chi connectivity index (χ4v) is 3.94. The molecule has 142 valence electrons. The molecule has 1 aliphatic rings. The number of pyridine rings is 1. The van der Waals surface area contributed by atoms with Crippen LogP contribution in [0.5, 0.6) is 0 Å². The van der Waals surface area contributed by atoms with Crippen LogP contribution in [0.25, 0.3) is 21.3 Å². The molecule has 0 radical (unpaired) electrons. The highest BCUT2D eigenvalue weighted by atomic mass is 16.7. The number of fused-ring (bicyclic) bond motifs is 1. The molecule has 1 amide bonds. The predicted molar refractivity (Wildman–Crippen MR) is 104 cm³/mol. The number of amides is 1. The Hall–Kier alpha value is -2.47. The van der Waals surface area contributed by atoms with Crippen LogP contribution in [0, 0.1) is 0 Å². The number of benzene rings is 1. The molecule has 0 spiro atoms. The lowest BCUT2D eigenvalue weighted by Crippen LogP contribution is -2.58. The van der Waals surface area contributed by atoms with Crippen LogP contribution >= 0.6 is 0 Å². The smallest absolute Gasteiger partial charge is 0.249 e. The molecule has 27 heavy (non-hydrogen) atoms. The molecule has 2 heterocycles. The molecule has 1 aliphatic heterocycles. The normalized spacial score (nSPS) is 18.8. The van der Waals surface area contributed by atoms with Crippen molar-refractivity contribution in [2.45, 2.75) is 64.6 Å². The van der Waals surface area contributed by atoms with Crippen LogP contribution in [-0.4, -0.2) is 27.0 Å². The lowest BCUT2D eigenvalue weighted by molar-refractivity contribution is -0.288. The number of aromatic nitrogens is 1. The van der Waals surface area contributed by atoms with E-state index < -0.39 is 5.91 Å². The molecule has 7 nitrogen and oxygen atoms in total. The maximum Gasteiger partial charge on any atom is 0.249 e. The van der Waals surface area contributed by atoms with E-state index in [0.717, 1.165) is 29.4 Å². The molecule has 0 unspecified atom stereocenters. The minimum absolute atomic E-state index is 0.0187. The van der Waals surface area contributed by atoms with Gasteiger partial charge in [0.15, 0.2) is 0 Å². The molecule has 1 aromatic heterocycles. The van der Waals surface area contributed by atoms with Gasteiger partial charge in [0, 0.05) is 26.9 Å². The van der Waals surface area contributed by atoms with Gasteiger partial charge in [0.05, 0.1) is 11.2 Å². The summed E-state index contributed by atoms with van der Waals surface area (Å²) < 4.78 is 0. The van der Waals surface area contributed by atoms with E-state index in [0.29, 0.717) is 12.2 Å². The number of carbonyl (C=O) groups excluding carboxylic acids is 1. The Labute approximate surface area is 158 Å². The molecule has 0 atom stereocenters. The van der Waals surface area contributed by atoms with E-state index in [1.807, 2.05) is 12.1 Å². The third-order valence-corrected chi connectivity index (χ3v) is 5.15. The Morgan fingerprint density at radius 1 is 1.22 bits per heavy atom. The van der Waals surface area contributed by atoms with Crippen molar-refractivity contribution in [1.29, 1.82) is 0 Å². The topological polar surface area (TPSA) is 91.2 Å². The Balaban J connectivity index is 1.78. The molecule has 1 fully saturated rings. The zero-order chi connectivity index (χ0) is 19.7. The zero-order valence-electron chi connectivity index (χ0n) is 16.3. The quantitative estimate of drug-likeness (QED) is 0.424. The summed E-state index contributed by atoms with van der Waals surface area (Å²) in [5, 5.41) is 6.06. The zero-order valence-corrected chi connectivity index (χ0v) is 16.3. The molecule has 1 aromatic carbocycles. The van der Waals surface area contributed by atoms with Crippen molar-refractivity contribution in [2.24, 2.45) is 5.11 Å². The highest BCUT2D eigenvalue weighted by molar-refractivity contribution is 5.98. The van der Waals surface area contributed by atoms with Gasteiger partial charge in [0.1, 0.15) is 6.61 Å². The summed E-state index contributed by atoms with van der Waals surface area (Å²) in [6, 6.07) is 8.86. The van der Waals surface area contributed by atoms with Gasteiger partial charge in [-0.15, -0.1) is 0 Å². The second kappa shape index (κ2) is 7.27. The summed E-state index contributed by atoms with van der Waals surface area (Å²) in [5.41, 5.74) is 10.3. The molecule has 7 heteroatoms. The second-order valence-corrected chi connectivity index (χ2v) is 8.25. The van der Waals surface area contributed by atoms with Crippen molar-refractivity contribution in [3.05, 3.63) is 52.0 Å². The lowest BCUT2D eigenvalue weighted by Gasteiger charge is -2.51. The number of azide groups is 1. The van der Waals surface area contributed by atoms with Gasteiger partial charge in [0.25, 0.3) is 0 Å². The standard InChI is InChI=1S/C20H25N5O2/c1-19(2)10-5-11-20(3,4)25(19)27-13-16-8-6-14-12-15(18(26)23-24-21)7-9-17(14)22-16/h6-9,12H,5,10-11,13H2,1-4H3. The van der Waals surface area contributed by atoms with Gasteiger partial charge >= 0.3 is 0 Å². The minimum Gasteiger partial charge on any atom is -0.292 e. The first-order chi connectivity index (χ1) is 12.7. The highest BCUT2D eigenvalue weighted by Gasteiger charge is 2.42. The highest BCUT2D eigenvalue weighted by Crippen LogP contribution is 2.38. The van der Waals surface area contributed by atoms with Crippen LogP contribution in [0.4, 0.5) is 0 Å².